The van der Waals surface area contributed by atoms with Crippen LogP contribution in [-0.4, -0.2) is 41.5 Å². The van der Waals surface area contributed by atoms with Crippen LogP contribution >= 0.6 is 12.2 Å². The summed E-state index contributed by atoms with van der Waals surface area (Å²) < 4.78 is 13.2. The normalized spacial score (nSPS) is 14.0. The van der Waals surface area contributed by atoms with Crippen LogP contribution in [0.5, 0.6) is 5.75 Å². The Bertz CT molecular complexity index is 1070. The zero-order valence-electron chi connectivity index (χ0n) is 17.3. The number of carbonyl (C=O) groups is 1. The zero-order valence-corrected chi connectivity index (χ0v) is 18.1. The Morgan fingerprint density at radius 2 is 1.88 bits per heavy atom. The maximum Gasteiger partial charge on any atom is 0.255 e. The second-order valence-electron chi connectivity index (χ2n) is 7.03. The highest BCUT2D eigenvalue weighted by molar-refractivity contribution is 7.92. The molecule has 1 saturated heterocycles. The molecule has 0 bridgehead atoms. The summed E-state index contributed by atoms with van der Waals surface area (Å²) in [6.07, 6.45) is 0. The van der Waals surface area contributed by atoms with Gasteiger partial charge in [-0.2, -0.15) is 0 Å². The van der Waals surface area contributed by atoms with E-state index in [1.807, 2.05) is 18.2 Å². The van der Waals surface area contributed by atoms with Crippen LogP contribution in [0.25, 0.3) is 11.3 Å². The van der Waals surface area contributed by atoms with E-state index in [9.17, 15) is 4.79 Å². The zero-order chi connectivity index (χ0) is 22.3. The van der Waals surface area contributed by atoms with E-state index in [2.05, 4.69) is 20.0 Å². The molecule has 0 spiro atoms. The van der Waals surface area contributed by atoms with Crippen molar-refractivity contribution in [3.05, 3.63) is 66.2 Å². The van der Waals surface area contributed by atoms with Crippen molar-refractivity contribution in [2.24, 2.45) is 5.84 Å². The fourth-order valence-corrected chi connectivity index (χ4v) is 3.69. The number of nitrogens with one attached hydrogen (secondary N) is 2. The predicted octanol–water partition coefficient (Wildman–Crippen LogP) is 3.14. The molecule has 0 radical (unpaired) electrons. The molecule has 32 heavy (non-hydrogen) atoms. The number of hydrogen-bond acceptors (Lipinski definition) is 9. The van der Waals surface area contributed by atoms with E-state index in [4.69, 9.17) is 20.5 Å². The van der Waals surface area contributed by atoms with Gasteiger partial charge in [0.05, 0.1) is 24.6 Å². The van der Waals surface area contributed by atoms with Crippen LogP contribution in [0, 0.1) is 0 Å². The lowest BCUT2D eigenvalue weighted by Crippen LogP contribution is -2.31. The fourth-order valence-electron chi connectivity index (χ4n) is 3.09. The van der Waals surface area contributed by atoms with Gasteiger partial charge in [-0.25, -0.2) is 9.29 Å². The molecule has 0 aliphatic carbocycles. The van der Waals surface area contributed by atoms with Gasteiger partial charge in [-0.05, 0) is 48.5 Å². The van der Waals surface area contributed by atoms with Crippen molar-refractivity contribution >= 4 is 35.3 Å². The summed E-state index contributed by atoms with van der Waals surface area (Å²) in [5, 5.41) is 2.90. The number of hydrogen-bond donors (Lipinski definition) is 4. The van der Waals surface area contributed by atoms with Crippen LogP contribution in [0.2, 0.25) is 0 Å². The molecule has 1 fully saturated rings. The molecular formula is C22H24N6O3S. The highest BCUT2D eigenvalue weighted by Gasteiger charge is 2.13. The van der Waals surface area contributed by atoms with Gasteiger partial charge >= 0.3 is 0 Å². The average molecular weight is 453 g/mol. The summed E-state index contributed by atoms with van der Waals surface area (Å²) in [6.45, 7) is 3.08. The summed E-state index contributed by atoms with van der Waals surface area (Å²) in [5.41, 5.74) is 11.5. The summed E-state index contributed by atoms with van der Waals surface area (Å²) in [5.74, 6) is 6.17. The molecule has 0 atom stereocenters. The number of morpholine rings is 1. The van der Waals surface area contributed by atoms with Crippen molar-refractivity contribution in [3.8, 4) is 17.0 Å². The largest absolute Gasteiger partial charge is 0.409 e. The minimum Gasteiger partial charge on any atom is -0.409 e. The van der Waals surface area contributed by atoms with E-state index in [-0.39, 0.29) is 11.7 Å². The van der Waals surface area contributed by atoms with Gasteiger partial charge in [0.15, 0.2) is 0 Å². The van der Waals surface area contributed by atoms with Crippen molar-refractivity contribution in [1.29, 1.82) is 0 Å². The van der Waals surface area contributed by atoms with Crippen molar-refractivity contribution in [2.75, 3.05) is 42.8 Å². The number of aromatic nitrogens is 1. The molecule has 1 aromatic heterocycles. The van der Waals surface area contributed by atoms with Crippen LogP contribution in [0.1, 0.15) is 10.4 Å². The third-order valence-corrected chi connectivity index (χ3v) is 5.66. The van der Waals surface area contributed by atoms with E-state index < -0.39 is 0 Å². The Labute approximate surface area is 190 Å². The lowest BCUT2D eigenvalue weighted by Gasteiger charge is -2.23. The Kier molecular flexibility index (Phi) is 7.07. The van der Waals surface area contributed by atoms with Gasteiger partial charge in [0.2, 0.25) is 0 Å². The van der Waals surface area contributed by atoms with Crippen LogP contribution in [-0.2, 0) is 4.74 Å². The standard InChI is InChI=1S/C22H24N6O3S/c23-21-20(27-24)9-8-19(26-21)15-2-1-3-16(14-15)22(29)25-17-4-6-18(7-5-17)31-32-28-10-12-30-13-11-28/h1-9,14,27H,10-13,24H2,(H2,23,26)(H,25,29). The molecule has 0 saturated carbocycles. The molecule has 0 unspecified atom stereocenters. The summed E-state index contributed by atoms with van der Waals surface area (Å²) in [7, 11) is 0. The molecule has 1 aliphatic rings. The second kappa shape index (κ2) is 10.3. The second-order valence-corrected chi connectivity index (χ2v) is 7.86. The molecule has 2 aromatic carbocycles. The first-order valence-electron chi connectivity index (χ1n) is 10.0. The third-order valence-electron chi connectivity index (χ3n) is 4.82. The third kappa shape index (κ3) is 5.48. The summed E-state index contributed by atoms with van der Waals surface area (Å²) in [4.78, 5) is 17.1. The number of carbonyl (C=O) groups excluding carboxylic acids is 1. The number of hydrazine groups is 1. The van der Waals surface area contributed by atoms with Gasteiger partial charge in [0.1, 0.15) is 23.8 Å². The Balaban J connectivity index is 1.38. The quantitative estimate of drug-likeness (QED) is 0.185. The predicted molar refractivity (Wildman–Crippen MR) is 127 cm³/mol. The molecule has 3 aromatic rings. The number of rotatable bonds is 7. The number of anilines is 3. The van der Waals surface area contributed by atoms with E-state index in [0.29, 0.717) is 41.6 Å². The number of nitrogen functional groups attached to an aromatic ring is 2. The van der Waals surface area contributed by atoms with Crippen molar-refractivity contribution in [3.63, 3.8) is 0 Å². The van der Waals surface area contributed by atoms with Gasteiger partial charge < -0.3 is 25.4 Å². The molecule has 4 rings (SSSR count). The van der Waals surface area contributed by atoms with Crippen molar-refractivity contribution in [2.45, 2.75) is 0 Å². The van der Waals surface area contributed by atoms with Crippen LogP contribution in [0.4, 0.5) is 17.2 Å². The minimum atomic E-state index is -0.226. The highest BCUT2D eigenvalue weighted by atomic mass is 32.2. The maximum absolute atomic E-state index is 12.7. The van der Waals surface area contributed by atoms with E-state index in [1.165, 1.54) is 12.2 Å². The van der Waals surface area contributed by atoms with Gasteiger partial charge in [-0.15, -0.1) is 0 Å². The number of benzene rings is 2. The number of pyridine rings is 1. The number of nitrogens with two attached hydrogens (primary N) is 2. The Morgan fingerprint density at radius 3 is 2.59 bits per heavy atom. The van der Waals surface area contributed by atoms with E-state index >= 15 is 0 Å². The van der Waals surface area contributed by atoms with Crippen LogP contribution in [0.15, 0.2) is 60.7 Å². The van der Waals surface area contributed by atoms with E-state index in [1.54, 1.807) is 42.5 Å². The molecule has 9 nitrogen and oxygen atoms in total. The average Bonchev–Trinajstić information content (AvgIpc) is 2.84. The van der Waals surface area contributed by atoms with Gasteiger partial charge in [-0.1, -0.05) is 12.1 Å². The van der Waals surface area contributed by atoms with E-state index in [0.717, 1.165) is 18.7 Å². The lowest BCUT2D eigenvalue weighted by molar-refractivity contribution is 0.0756. The molecule has 166 valence electrons. The van der Waals surface area contributed by atoms with Gasteiger partial charge in [0, 0.05) is 29.9 Å². The number of ether oxygens (including phenoxy) is 1. The fraction of sp³-hybridized carbons (Fsp3) is 0.182. The summed E-state index contributed by atoms with van der Waals surface area (Å²) >= 11 is 1.31. The molecule has 2 heterocycles. The molecule has 6 N–H and O–H groups in total. The Morgan fingerprint density at radius 1 is 1.09 bits per heavy atom. The molecule has 1 amide bonds. The molecule has 1 aliphatic heterocycles. The van der Waals surface area contributed by atoms with Gasteiger partial charge in [0.25, 0.3) is 5.91 Å². The molecular weight excluding hydrogens is 428 g/mol. The lowest BCUT2D eigenvalue weighted by atomic mass is 10.1. The first kappa shape index (κ1) is 21.9. The van der Waals surface area contributed by atoms with Crippen LogP contribution < -0.4 is 26.5 Å². The first-order chi connectivity index (χ1) is 15.6. The van der Waals surface area contributed by atoms with Crippen LogP contribution in [0.3, 0.4) is 0 Å². The van der Waals surface area contributed by atoms with Gasteiger partial charge in [-0.3, -0.25) is 10.6 Å². The monoisotopic (exact) mass is 452 g/mol. The number of amides is 1. The topological polar surface area (TPSA) is 128 Å². The number of nitrogens with zero attached hydrogens (tertiary/aromatic N) is 2. The first-order valence-corrected chi connectivity index (χ1v) is 10.7. The molecule has 10 heteroatoms. The highest BCUT2D eigenvalue weighted by Crippen LogP contribution is 2.25. The smallest absolute Gasteiger partial charge is 0.255 e. The van der Waals surface area contributed by atoms with Crippen molar-refractivity contribution < 1.29 is 13.7 Å². The Hall–Kier alpha value is -3.31. The van der Waals surface area contributed by atoms with Crippen molar-refractivity contribution in [1.82, 2.24) is 9.29 Å². The maximum atomic E-state index is 12.7. The minimum absolute atomic E-state index is 0.226. The summed E-state index contributed by atoms with van der Waals surface area (Å²) in [6, 6.07) is 18.0. The SMILES string of the molecule is NNc1ccc(-c2cccc(C(=O)Nc3ccc(OSN4CCOCC4)cc3)c2)nc1N.